The van der Waals surface area contributed by atoms with Crippen molar-refractivity contribution in [1.29, 1.82) is 0 Å². The van der Waals surface area contributed by atoms with Crippen LogP contribution in [0, 0.1) is 0 Å². The number of hydrogen-bond acceptors (Lipinski definition) is 5. The van der Waals surface area contributed by atoms with Gasteiger partial charge in [0.15, 0.2) is 0 Å². The average molecular weight is 398 g/mol. The lowest BCUT2D eigenvalue weighted by Crippen LogP contribution is -2.26. The number of rotatable bonds is 7. The van der Waals surface area contributed by atoms with Crippen LogP contribution in [0.25, 0.3) is 11.4 Å². The summed E-state index contributed by atoms with van der Waals surface area (Å²) in [5, 5.41) is 4.59. The van der Waals surface area contributed by atoms with E-state index < -0.39 is 0 Å². The van der Waals surface area contributed by atoms with E-state index in [9.17, 15) is 4.79 Å². The molecule has 144 valence electrons. The van der Waals surface area contributed by atoms with Crippen molar-refractivity contribution < 1.29 is 14.1 Å². The highest BCUT2D eigenvalue weighted by Crippen LogP contribution is 2.20. The Bertz CT molecular complexity index is 983. The van der Waals surface area contributed by atoms with Crippen molar-refractivity contribution >= 4 is 17.5 Å². The van der Waals surface area contributed by atoms with Crippen LogP contribution in [-0.4, -0.2) is 34.6 Å². The Hall–Kier alpha value is -3.12. The van der Waals surface area contributed by atoms with Crippen LogP contribution in [0.1, 0.15) is 23.2 Å². The smallest absolute Gasteiger partial charge is 0.254 e. The topological polar surface area (TPSA) is 68.5 Å². The molecule has 0 atom stereocenters. The van der Waals surface area contributed by atoms with Gasteiger partial charge in [0.05, 0.1) is 6.54 Å². The highest BCUT2D eigenvalue weighted by Gasteiger charge is 2.17. The van der Waals surface area contributed by atoms with E-state index in [1.807, 2.05) is 19.1 Å². The summed E-state index contributed by atoms with van der Waals surface area (Å²) in [7, 11) is 1.68. The van der Waals surface area contributed by atoms with Crippen molar-refractivity contribution in [1.82, 2.24) is 15.0 Å². The lowest BCUT2D eigenvalue weighted by Gasteiger charge is -2.15. The summed E-state index contributed by atoms with van der Waals surface area (Å²) in [6, 6.07) is 14.1. The lowest BCUT2D eigenvalue weighted by atomic mass is 10.2. The van der Waals surface area contributed by atoms with Crippen LogP contribution in [0.2, 0.25) is 5.02 Å². The van der Waals surface area contributed by atoms with E-state index in [2.05, 4.69) is 16.7 Å². The average Bonchev–Trinajstić information content (AvgIpc) is 3.15. The van der Waals surface area contributed by atoms with Gasteiger partial charge in [-0.1, -0.05) is 29.4 Å². The highest BCUT2D eigenvalue weighted by molar-refractivity contribution is 6.30. The van der Waals surface area contributed by atoms with Gasteiger partial charge >= 0.3 is 0 Å². The zero-order valence-corrected chi connectivity index (χ0v) is 16.4. The van der Waals surface area contributed by atoms with Crippen LogP contribution in [0.3, 0.4) is 0 Å². The lowest BCUT2D eigenvalue weighted by molar-refractivity contribution is 0.0769. The summed E-state index contributed by atoms with van der Waals surface area (Å²) in [6.07, 6.45) is 0. The van der Waals surface area contributed by atoms with Gasteiger partial charge in [-0.25, -0.2) is 0 Å². The normalized spacial score (nSPS) is 10.5. The van der Waals surface area contributed by atoms with E-state index in [1.54, 1.807) is 43.4 Å². The molecule has 0 saturated heterocycles. The fraction of sp³-hybridized carbons (Fsp3) is 0.190. The quantitative estimate of drug-likeness (QED) is 0.544. The number of nitrogens with zero attached hydrogens (tertiary/aromatic N) is 3. The molecule has 3 rings (SSSR count). The van der Waals surface area contributed by atoms with Crippen LogP contribution >= 0.6 is 11.6 Å². The van der Waals surface area contributed by atoms with Crippen molar-refractivity contribution in [3.05, 3.63) is 77.2 Å². The van der Waals surface area contributed by atoms with E-state index >= 15 is 0 Å². The first kappa shape index (κ1) is 19.6. The Morgan fingerprint density at radius 1 is 1.25 bits per heavy atom. The van der Waals surface area contributed by atoms with Gasteiger partial charge in [0.1, 0.15) is 12.4 Å². The zero-order valence-electron chi connectivity index (χ0n) is 15.7. The van der Waals surface area contributed by atoms with Crippen molar-refractivity contribution in [2.75, 3.05) is 13.7 Å². The van der Waals surface area contributed by atoms with Gasteiger partial charge in [0.2, 0.25) is 11.7 Å². The molecule has 0 aliphatic carbocycles. The predicted molar refractivity (Wildman–Crippen MR) is 107 cm³/mol. The SMILES string of the molecule is C=C(C)COc1cccc(C(=O)N(C)Cc2nc(-c3ccc(Cl)cc3)no2)c1. The number of amides is 1. The maximum Gasteiger partial charge on any atom is 0.254 e. The zero-order chi connectivity index (χ0) is 20.1. The summed E-state index contributed by atoms with van der Waals surface area (Å²) < 4.78 is 10.9. The minimum absolute atomic E-state index is 0.174. The van der Waals surface area contributed by atoms with Crippen molar-refractivity contribution in [2.45, 2.75) is 13.5 Å². The number of halogens is 1. The molecule has 28 heavy (non-hydrogen) atoms. The third kappa shape index (κ3) is 4.98. The maximum atomic E-state index is 12.7. The van der Waals surface area contributed by atoms with Gasteiger partial charge < -0.3 is 14.2 Å². The Balaban J connectivity index is 1.67. The molecule has 0 radical (unpaired) electrons. The van der Waals surface area contributed by atoms with Crippen LogP contribution in [0.15, 0.2) is 65.2 Å². The van der Waals surface area contributed by atoms with Gasteiger partial charge in [-0.05, 0) is 55.0 Å². The number of carbonyl (C=O) groups is 1. The van der Waals surface area contributed by atoms with Crippen molar-refractivity contribution in [2.24, 2.45) is 0 Å². The summed E-state index contributed by atoms with van der Waals surface area (Å²) in [5.74, 6) is 1.23. The molecule has 0 aliphatic heterocycles. The molecule has 0 bridgehead atoms. The fourth-order valence-corrected chi connectivity index (χ4v) is 2.58. The third-order valence-corrected chi connectivity index (χ3v) is 4.11. The first-order valence-electron chi connectivity index (χ1n) is 8.63. The second kappa shape index (κ2) is 8.71. The van der Waals surface area contributed by atoms with Crippen LogP contribution in [-0.2, 0) is 6.54 Å². The molecule has 1 amide bonds. The summed E-state index contributed by atoms with van der Waals surface area (Å²) >= 11 is 5.89. The van der Waals surface area contributed by atoms with E-state index in [1.165, 1.54) is 4.90 Å². The molecular weight excluding hydrogens is 378 g/mol. The molecule has 0 unspecified atom stereocenters. The molecule has 0 saturated carbocycles. The molecule has 0 N–H and O–H groups in total. The fourth-order valence-electron chi connectivity index (χ4n) is 2.46. The van der Waals surface area contributed by atoms with Gasteiger partial charge in [0, 0.05) is 23.2 Å². The van der Waals surface area contributed by atoms with Crippen LogP contribution < -0.4 is 4.74 Å². The first-order chi connectivity index (χ1) is 13.4. The van der Waals surface area contributed by atoms with E-state index in [0.717, 1.165) is 11.1 Å². The van der Waals surface area contributed by atoms with Gasteiger partial charge in [-0.15, -0.1) is 0 Å². The minimum atomic E-state index is -0.174. The monoisotopic (exact) mass is 397 g/mol. The summed E-state index contributed by atoms with van der Waals surface area (Å²) in [4.78, 5) is 18.6. The largest absolute Gasteiger partial charge is 0.489 e. The second-order valence-electron chi connectivity index (χ2n) is 6.45. The van der Waals surface area contributed by atoms with Gasteiger partial charge in [0.25, 0.3) is 5.91 Å². The molecule has 1 aromatic heterocycles. The van der Waals surface area contributed by atoms with Crippen LogP contribution in [0.5, 0.6) is 5.75 Å². The molecule has 7 heteroatoms. The Kier molecular flexibility index (Phi) is 6.11. The molecular formula is C21H20ClN3O3. The van der Waals surface area contributed by atoms with E-state index in [4.69, 9.17) is 20.9 Å². The van der Waals surface area contributed by atoms with Crippen LogP contribution in [0.4, 0.5) is 0 Å². The van der Waals surface area contributed by atoms with E-state index in [-0.39, 0.29) is 12.5 Å². The summed E-state index contributed by atoms with van der Waals surface area (Å²) in [5.41, 5.74) is 2.21. The van der Waals surface area contributed by atoms with Crippen molar-refractivity contribution in [3.8, 4) is 17.1 Å². The molecule has 3 aromatic rings. The predicted octanol–water partition coefficient (Wildman–Crippen LogP) is 4.62. The standard InChI is InChI=1S/C21H20ClN3O3/c1-14(2)13-27-18-6-4-5-16(11-18)21(26)25(3)12-19-23-20(24-28-19)15-7-9-17(22)10-8-15/h4-11H,1,12-13H2,2-3H3. The second-order valence-corrected chi connectivity index (χ2v) is 6.89. The first-order valence-corrected chi connectivity index (χ1v) is 9.01. The number of aromatic nitrogens is 2. The third-order valence-electron chi connectivity index (χ3n) is 3.86. The van der Waals surface area contributed by atoms with Gasteiger partial charge in [-0.3, -0.25) is 4.79 Å². The Labute approximate surface area is 168 Å². The maximum absolute atomic E-state index is 12.7. The molecule has 6 nitrogen and oxygen atoms in total. The molecule has 1 heterocycles. The molecule has 0 spiro atoms. The molecule has 0 fully saturated rings. The number of ether oxygens (including phenoxy) is 1. The summed E-state index contributed by atoms with van der Waals surface area (Å²) in [6.45, 7) is 6.28. The number of carbonyl (C=O) groups excluding carboxylic acids is 1. The highest BCUT2D eigenvalue weighted by atomic mass is 35.5. The Morgan fingerprint density at radius 2 is 2.00 bits per heavy atom. The minimum Gasteiger partial charge on any atom is -0.489 e. The molecule has 2 aromatic carbocycles. The Morgan fingerprint density at radius 3 is 2.71 bits per heavy atom. The van der Waals surface area contributed by atoms with E-state index in [0.29, 0.717) is 34.7 Å². The number of benzene rings is 2. The van der Waals surface area contributed by atoms with Crippen molar-refractivity contribution in [3.63, 3.8) is 0 Å². The molecule has 0 aliphatic rings. The van der Waals surface area contributed by atoms with Gasteiger partial charge in [-0.2, -0.15) is 4.98 Å². The number of hydrogen-bond donors (Lipinski definition) is 0.